The number of ether oxygens (including phenoxy) is 1. The molecule has 2 aromatic rings. The maximum atomic E-state index is 12.8. The highest BCUT2D eigenvalue weighted by Gasteiger charge is 2.35. The summed E-state index contributed by atoms with van der Waals surface area (Å²) in [5.74, 6) is 1.35. The smallest absolute Gasteiger partial charge is 0.254 e. The molecular weight excluding hydrogens is 372 g/mol. The number of carbonyl (C=O) groups excluding carboxylic acids is 2. The number of nitrogens with zero attached hydrogens (tertiary/aromatic N) is 5. The minimum absolute atomic E-state index is 0.0683. The van der Waals surface area contributed by atoms with E-state index in [4.69, 9.17) is 4.74 Å². The van der Waals surface area contributed by atoms with Gasteiger partial charge in [-0.25, -0.2) is 4.68 Å². The lowest BCUT2D eigenvalue weighted by Gasteiger charge is -2.32. The van der Waals surface area contributed by atoms with Crippen molar-refractivity contribution in [2.24, 2.45) is 5.92 Å². The molecule has 0 spiro atoms. The second kappa shape index (κ2) is 8.18. The number of likely N-dealkylation sites (tertiary alicyclic amines) is 1. The molecule has 29 heavy (non-hydrogen) atoms. The molecule has 0 unspecified atom stereocenters. The van der Waals surface area contributed by atoms with Gasteiger partial charge in [-0.15, -0.1) is 10.2 Å². The fraction of sp³-hybridized carbons (Fsp3) is 0.550. The molecular formula is C20H26N6O3. The topological polar surface area (TPSA) is 102 Å². The molecule has 0 radical (unpaired) electrons. The van der Waals surface area contributed by atoms with Gasteiger partial charge in [0.05, 0.1) is 24.1 Å². The highest BCUT2D eigenvalue weighted by molar-refractivity contribution is 5.95. The lowest BCUT2D eigenvalue weighted by molar-refractivity contribution is -0.133. The minimum atomic E-state index is -0.153. The number of aromatic nitrogens is 4. The van der Waals surface area contributed by atoms with E-state index >= 15 is 0 Å². The number of carbonyl (C=O) groups is 2. The normalized spacial score (nSPS) is 17.2. The SMILES string of the molecule is CCOc1ccc(-n2ncc(C(=O)NC3CCN(C(=O)C4CC4)CC3)c2C)nn1. The van der Waals surface area contributed by atoms with Gasteiger partial charge in [0.2, 0.25) is 11.8 Å². The van der Waals surface area contributed by atoms with Crippen molar-refractivity contribution in [3.63, 3.8) is 0 Å². The van der Waals surface area contributed by atoms with Crippen molar-refractivity contribution in [3.05, 3.63) is 29.6 Å². The van der Waals surface area contributed by atoms with E-state index in [1.54, 1.807) is 23.0 Å². The molecule has 0 aromatic carbocycles. The number of piperidine rings is 1. The van der Waals surface area contributed by atoms with Crippen LogP contribution in [0.3, 0.4) is 0 Å². The van der Waals surface area contributed by atoms with Gasteiger partial charge in [-0.2, -0.15) is 5.10 Å². The van der Waals surface area contributed by atoms with E-state index in [0.717, 1.165) is 25.7 Å². The average Bonchev–Trinajstić information content (AvgIpc) is 3.51. The highest BCUT2D eigenvalue weighted by atomic mass is 16.5. The maximum absolute atomic E-state index is 12.8. The first-order valence-electron chi connectivity index (χ1n) is 10.2. The number of hydrogen-bond donors (Lipinski definition) is 1. The molecule has 1 aliphatic carbocycles. The van der Waals surface area contributed by atoms with Gasteiger partial charge >= 0.3 is 0 Å². The molecule has 1 saturated carbocycles. The molecule has 9 heteroatoms. The van der Waals surface area contributed by atoms with Crippen LogP contribution in [0.25, 0.3) is 5.82 Å². The zero-order valence-electron chi connectivity index (χ0n) is 16.8. The summed E-state index contributed by atoms with van der Waals surface area (Å²) in [7, 11) is 0. The van der Waals surface area contributed by atoms with Crippen molar-refractivity contribution in [1.29, 1.82) is 0 Å². The van der Waals surface area contributed by atoms with Crippen LogP contribution in [-0.2, 0) is 4.79 Å². The van der Waals surface area contributed by atoms with Crippen molar-refractivity contribution in [1.82, 2.24) is 30.2 Å². The van der Waals surface area contributed by atoms with Gasteiger partial charge in [0.25, 0.3) is 5.91 Å². The first kappa shape index (κ1) is 19.4. The van der Waals surface area contributed by atoms with Crippen LogP contribution in [0.4, 0.5) is 0 Å². The van der Waals surface area contributed by atoms with Gasteiger partial charge in [0.1, 0.15) is 0 Å². The van der Waals surface area contributed by atoms with E-state index in [0.29, 0.717) is 42.7 Å². The molecule has 4 rings (SSSR count). The third kappa shape index (κ3) is 4.23. The lowest BCUT2D eigenvalue weighted by Crippen LogP contribution is -2.47. The highest BCUT2D eigenvalue weighted by Crippen LogP contribution is 2.31. The summed E-state index contributed by atoms with van der Waals surface area (Å²) in [4.78, 5) is 26.8. The third-order valence-electron chi connectivity index (χ3n) is 5.46. The predicted octanol–water partition coefficient (Wildman–Crippen LogP) is 1.50. The molecule has 1 aliphatic heterocycles. The summed E-state index contributed by atoms with van der Waals surface area (Å²) in [6.45, 7) is 5.65. The van der Waals surface area contributed by atoms with Gasteiger partial charge in [0.15, 0.2) is 5.82 Å². The molecule has 2 amide bonds. The van der Waals surface area contributed by atoms with Crippen molar-refractivity contribution in [2.45, 2.75) is 45.6 Å². The summed E-state index contributed by atoms with van der Waals surface area (Å²) in [6, 6.07) is 3.55. The van der Waals surface area contributed by atoms with Crippen LogP contribution in [-0.4, -0.2) is 62.4 Å². The molecule has 0 atom stereocenters. The van der Waals surface area contributed by atoms with Crippen LogP contribution in [0.2, 0.25) is 0 Å². The fourth-order valence-corrected chi connectivity index (χ4v) is 3.61. The quantitative estimate of drug-likeness (QED) is 0.791. The van der Waals surface area contributed by atoms with Crippen LogP contribution in [0, 0.1) is 12.8 Å². The van der Waals surface area contributed by atoms with Gasteiger partial charge < -0.3 is 15.0 Å². The predicted molar refractivity (Wildman–Crippen MR) is 105 cm³/mol. The van der Waals surface area contributed by atoms with Gasteiger partial charge in [-0.3, -0.25) is 9.59 Å². The van der Waals surface area contributed by atoms with Crippen molar-refractivity contribution in [2.75, 3.05) is 19.7 Å². The Kier molecular flexibility index (Phi) is 5.46. The van der Waals surface area contributed by atoms with E-state index < -0.39 is 0 Å². The van der Waals surface area contributed by atoms with Crippen molar-refractivity contribution >= 4 is 11.8 Å². The lowest BCUT2D eigenvalue weighted by atomic mass is 10.0. The summed E-state index contributed by atoms with van der Waals surface area (Å²) >= 11 is 0. The first-order valence-corrected chi connectivity index (χ1v) is 10.2. The molecule has 1 N–H and O–H groups in total. The van der Waals surface area contributed by atoms with Crippen LogP contribution in [0.5, 0.6) is 5.88 Å². The average molecular weight is 398 g/mol. The molecule has 9 nitrogen and oxygen atoms in total. The Hall–Kier alpha value is -2.97. The monoisotopic (exact) mass is 398 g/mol. The van der Waals surface area contributed by atoms with Gasteiger partial charge in [-0.05, 0) is 45.6 Å². The number of hydrogen-bond acceptors (Lipinski definition) is 6. The van der Waals surface area contributed by atoms with E-state index in [1.165, 1.54) is 0 Å². The Balaban J connectivity index is 1.36. The standard InChI is InChI=1S/C20H26N6O3/c1-3-29-18-7-6-17(23-24-18)26-13(2)16(12-21-26)19(27)22-15-8-10-25(11-9-15)20(28)14-4-5-14/h6-7,12,14-15H,3-5,8-11H2,1-2H3,(H,22,27). The Bertz CT molecular complexity index is 882. The fourth-order valence-electron chi connectivity index (χ4n) is 3.61. The van der Waals surface area contributed by atoms with Crippen LogP contribution < -0.4 is 10.1 Å². The van der Waals surface area contributed by atoms with Crippen molar-refractivity contribution in [3.8, 4) is 11.7 Å². The molecule has 1 saturated heterocycles. The zero-order valence-corrected chi connectivity index (χ0v) is 16.8. The van der Waals surface area contributed by atoms with Crippen LogP contribution in [0.15, 0.2) is 18.3 Å². The first-order chi connectivity index (χ1) is 14.1. The molecule has 2 aromatic heterocycles. The third-order valence-corrected chi connectivity index (χ3v) is 5.46. The summed E-state index contributed by atoms with van der Waals surface area (Å²) in [5, 5.41) is 15.5. The Labute approximate surface area is 169 Å². The number of nitrogens with one attached hydrogen (secondary N) is 1. The summed E-state index contributed by atoms with van der Waals surface area (Å²) in [5.41, 5.74) is 1.21. The summed E-state index contributed by atoms with van der Waals surface area (Å²) in [6.07, 6.45) is 5.16. The van der Waals surface area contributed by atoms with E-state index in [1.807, 2.05) is 18.7 Å². The van der Waals surface area contributed by atoms with Gasteiger partial charge in [-0.1, -0.05) is 0 Å². The molecule has 3 heterocycles. The maximum Gasteiger partial charge on any atom is 0.254 e. The Morgan fingerprint density at radius 3 is 2.55 bits per heavy atom. The van der Waals surface area contributed by atoms with E-state index in [-0.39, 0.29) is 23.8 Å². The minimum Gasteiger partial charge on any atom is -0.477 e. The summed E-state index contributed by atoms with van der Waals surface area (Å²) < 4.78 is 6.89. The zero-order chi connectivity index (χ0) is 20.4. The van der Waals surface area contributed by atoms with Gasteiger partial charge in [0, 0.05) is 31.1 Å². The molecule has 2 aliphatic rings. The molecule has 0 bridgehead atoms. The molecule has 2 fully saturated rings. The van der Waals surface area contributed by atoms with Crippen molar-refractivity contribution < 1.29 is 14.3 Å². The second-order valence-electron chi connectivity index (χ2n) is 7.57. The second-order valence-corrected chi connectivity index (χ2v) is 7.57. The number of amides is 2. The Morgan fingerprint density at radius 2 is 1.93 bits per heavy atom. The van der Waals surface area contributed by atoms with Crippen LogP contribution >= 0.6 is 0 Å². The largest absolute Gasteiger partial charge is 0.477 e. The van der Waals surface area contributed by atoms with E-state index in [2.05, 4.69) is 20.6 Å². The van der Waals surface area contributed by atoms with E-state index in [9.17, 15) is 9.59 Å². The van der Waals surface area contributed by atoms with Crippen LogP contribution in [0.1, 0.15) is 48.7 Å². The molecule has 154 valence electrons. The number of rotatable bonds is 6. The Morgan fingerprint density at radius 1 is 1.17 bits per heavy atom.